The molecule has 0 saturated heterocycles. The zero-order valence-electron chi connectivity index (χ0n) is 10.8. The van der Waals surface area contributed by atoms with E-state index in [0.717, 1.165) is 10.1 Å². The maximum atomic E-state index is 11.5. The van der Waals surface area contributed by atoms with Crippen molar-refractivity contribution in [1.29, 1.82) is 0 Å². The molecule has 7 nitrogen and oxygen atoms in total. The van der Waals surface area contributed by atoms with E-state index in [4.69, 9.17) is 4.74 Å². The van der Waals surface area contributed by atoms with E-state index >= 15 is 0 Å². The van der Waals surface area contributed by atoms with Gasteiger partial charge in [0, 0.05) is 18.8 Å². The molecule has 1 aromatic rings. The second kappa shape index (κ2) is 7.32. The number of nitrogens with zero attached hydrogens (tertiary/aromatic N) is 1. The van der Waals surface area contributed by atoms with Gasteiger partial charge in [-0.25, -0.2) is 4.79 Å². The van der Waals surface area contributed by atoms with Crippen LogP contribution in [0.1, 0.15) is 6.92 Å². The highest BCUT2D eigenvalue weighted by atomic mass is 16.5. The Morgan fingerprint density at radius 2 is 2.26 bits per heavy atom. The SMILES string of the molecule is C=C(C)COCCNC(=O)Cn1ccc(=O)[nH]c1=O. The summed E-state index contributed by atoms with van der Waals surface area (Å²) >= 11 is 0. The van der Waals surface area contributed by atoms with E-state index in [0.29, 0.717) is 19.8 Å². The van der Waals surface area contributed by atoms with Gasteiger partial charge in [0.25, 0.3) is 5.56 Å². The summed E-state index contributed by atoms with van der Waals surface area (Å²) < 4.78 is 6.32. The summed E-state index contributed by atoms with van der Waals surface area (Å²) in [7, 11) is 0. The first-order chi connectivity index (χ1) is 8.99. The van der Waals surface area contributed by atoms with Crippen LogP contribution >= 0.6 is 0 Å². The number of aromatic amines is 1. The van der Waals surface area contributed by atoms with E-state index in [2.05, 4.69) is 16.9 Å². The Hall–Kier alpha value is -2.15. The van der Waals surface area contributed by atoms with Gasteiger partial charge >= 0.3 is 5.69 Å². The minimum atomic E-state index is -0.610. The molecule has 0 aliphatic carbocycles. The lowest BCUT2D eigenvalue weighted by atomic mass is 10.4. The highest BCUT2D eigenvalue weighted by molar-refractivity contribution is 5.75. The molecule has 0 fully saturated rings. The van der Waals surface area contributed by atoms with E-state index in [1.165, 1.54) is 12.3 Å². The van der Waals surface area contributed by atoms with Crippen molar-refractivity contribution in [3.05, 3.63) is 45.3 Å². The zero-order chi connectivity index (χ0) is 14.3. The lowest BCUT2D eigenvalue weighted by Gasteiger charge is -2.07. The number of nitrogens with one attached hydrogen (secondary N) is 2. The molecule has 0 aliphatic heterocycles. The summed E-state index contributed by atoms with van der Waals surface area (Å²) in [6.45, 7) is 6.57. The van der Waals surface area contributed by atoms with Crippen molar-refractivity contribution in [2.24, 2.45) is 0 Å². The number of carbonyl (C=O) groups is 1. The third-order valence-corrected chi connectivity index (χ3v) is 2.13. The van der Waals surface area contributed by atoms with Gasteiger partial charge < -0.3 is 10.1 Å². The highest BCUT2D eigenvalue weighted by Crippen LogP contribution is 1.86. The smallest absolute Gasteiger partial charge is 0.328 e. The second-order valence-electron chi connectivity index (χ2n) is 4.10. The molecule has 0 aromatic carbocycles. The topological polar surface area (TPSA) is 93.2 Å². The van der Waals surface area contributed by atoms with Crippen molar-refractivity contribution in [2.45, 2.75) is 13.5 Å². The molecule has 1 rings (SSSR count). The van der Waals surface area contributed by atoms with Crippen LogP contribution in [0.15, 0.2) is 34.0 Å². The lowest BCUT2D eigenvalue weighted by molar-refractivity contribution is -0.121. The van der Waals surface area contributed by atoms with Crippen LogP contribution in [0, 0.1) is 0 Å². The van der Waals surface area contributed by atoms with Gasteiger partial charge in [-0.05, 0) is 6.92 Å². The summed E-state index contributed by atoms with van der Waals surface area (Å²) in [5.74, 6) is -0.326. The molecule has 0 aliphatic rings. The Kier molecular flexibility index (Phi) is 5.74. The summed E-state index contributed by atoms with van der Waals surface area (Å²) in [4.78, 5) is 35.7. The van der Waals surface area contributed by atoms with Gasteiger partial charge in [-0.1, -0.05) is 12.2 Å². The van der Waals surface area contributed by atoms with Crippen LogP contribution in [0.25, 0.3) is 0 Å². The number of ether oxygens (including phenoxy) is 1. The van der Waals surface area contributed by atoms with E-state index in [1.54, 1.807) is 0 Å². The molecule has 1 aromatic heterocycles. The normalized spacial score (nSPS) is 10.2. The van der Waals surface area contributed by atoms with Gasteiger partial charge in [-0.15, -0.1) is 0 Å². The maximum absolute atomic E-state index is 11.5. The van der Waals surface area contributed by atoms with Crippen LogP contribution in [0.5, 0.6) is 0 Å². The molecule has 2 N–H and O–H groups in total. The van der Waals surface area contributed by atoms with Gasteiger partial charge in [0.1, 0.15) is 6.54 Å². The third-order valence-electron chi connectivity index (χ3n) is 2.13. The summed E-state index contributed by atoms with van der Waals surface area (Å²) in [5.41, 5.74) is -0.192. The van der Waals surface area contributed by atoms with Gasteiger partial charge in [0.15, 0.2) is 0 Å². The number of amides is 1. The van der Waals surface area contributed by atoms with Crippen molar-refractivity contribution in [2.75, 3.05) is 19.8 Å². The fourth-order valence-corrected chi connectivity index (χ4v) is 1.29. The molecular formula is C12H17N3O4. The average Bonchev–Trinajstić information content (AvgIpc) is 2.32. The van der Waals surface area contributed by atoms with Crippen molar-refractivity contribution in [3.63, 3.8) is 0 Å². The lowest BCUT2D eigenvalue weighted by Crippen LogP contribution is -2.36. The number of hydrogen-bond donors (Lipinski definition) is 2. The highest BCUT2D eigenvalue weighted by Gasteiger charge is 2.03. The van der Waals surface area contributed by atoms with Crippen molar-refractivity contribution >= 4 is 5.91 Å². The zero-order valence-corrected chi connectivity index (χ0v) is 10.8. The first-order valence-corrected chi connectivity index (χ1v) is 5.77. The fraction of sp³-hybridized carbons (Fsp3) is 0.417. The Bertz CT molecular complexity index is 559. The van der Waals surface area contributed by atoms with Crippen molar-refractivity contribution in [3.8, 4) is 0 Å². The molecule has 1 amide bonds. The number of carbonyl (C=O) groups excluding carboxylic acids is 1. The molecule has 19 heavy (non-hydrogen) atoms. The molecule has 0 bridgehead atoms. The minimum absolute atomic E-state index is 0.143. The predicted octanol–water partition coefficient (Wildman–Crippen LogP) is -0.754. The standard InChI is InChI=1S/C12H17N3O4/c1-9(2)8-19-6-4-13-11(17)7-15-5-3-10(16)14-12(15)18/h3,5H,1,4,6-8H2,2H3,(H,13,17)(H,14,16,18). The second-order valence-corrected chi connectivity index (χ2v) is 4.10. The van der Waals surface area contributed by atoms with E-state index < -0.39 is 11.2 Å². The Balaban J connectivity index is 2.33. The molecule has 7 heteroatoms. The Morgan fingerprint density at radius 1 is 1.53 bits per heavy atom. The minimum Gasteiger partial charge on any atom is -0.375 e. The predicted molar refractivity (Wildman–Crippen MR) is 70.0 cm³/mol. The van der Waals surface area contributed by atoms with Crippen LogP contribution in [0.4, 0.5) is 0 Å². The Morgan fingerprint density at radius 3 is 2.89 bits per heavy atom. The molecule has 0 radical (unpaired) electrons. The first-order valence-electron chi connectivity index (χ1n) is 5.77. The fourth-order valence-electron chi connectivity index (χ4n) is 1.29. The quantitative estimate of drug-likeness (QED) is 0.502. The molecule has 0 atom stereocenters. The molecule has 0 spiro atoms. The van der Waals surface area contributed by atoms with Crippen LogP contribution in [-0.2, 0) is 16.1 Å². The van der Waals surface area contributed by atoms with Crippen molar-refractivity contribution < 1.29 is 9.53 Å². The molecule has 1 heterocycles. The van der Waals surface area contributed by atoms with Crippen LogP contribution < -0.4 is 16.6 Å². The first kappa shape index (κ1) is 14.9. The molecule has 0 saturated carbocycles. The van der Waals surface area contributed by atoms with E-state index in [1.807, 2.05) is 6.92 Å². The van der Waals surface area contributed by atoms with Gasteiger partial charge in [0.2, 0.25) is 5.91 Å². The van der Waals surface area contributed by atoms with Gasteiger partial charge in [-0.3, -0.25) is 19.1 Å². The van der Waals surface area contributed by atoms with E-state index in [9.17, 15) is 14.4 Å². The van der Waals surface area contributed by atoms with Gasteiger partial charge in [-0.2, -0.15) is 0 Å². The van der Waals surface area contributed by atoms with Gasteiger partial charge in [0.05, 0.1) is 13.2 Å². The molecule has 104 valence electrons. The number of aromatic nitrogens is 2. The maximum Gasteiger partial charge on any atom is 0.328 e. The third kappa shape index (κ3) is 5.82. The number of H-pyrrole nitrogens is 1. The largest absolute Gasteiger partial charge is 0.375 e. The number of rotatable bonds is 7. The molecule has 0 unspecified atom stereocenters. The number of hydrogen-bond acceptors (Lipinski definition) is 4. The average molecular weight is 267 g/mol. The van der Waals surface area contributed by atoms with Crippen LogP contribution in [0.2, 0.25) is 0 Å². The monoisotopic (exact) mass is 267 g/mol. The molecular weight excluding hydrogens is 250 g/mol. The summed E-state index contributed by atoms with van der Waals surface area (Å²) in [6.07, 6.45) is 1.28. The summed E-state index contributed by atoms with van der Waals surface area (Å²) in [5, 5.41) is 2.60. The van der Waals surface area contributed by atoms with Crippen LogP contribution in [-0.4, -0.2) is 35.2 Å². The van der Waals surface area contributed by atoms with E-state index in [-0.39, 0.29) is 12.5 Å². The summed E-state index contributed by atoms with van der Waals surface area (Å²) in [6, 6.07) is 1.19. The Labute approximate surface area is 109 Å². The van der Waals surface area contributed by atoms with Crippen LogP contribution in [0.3, 0.4) is 0 Å². The van der Waals surface area contributed by atoms with Crippen molar-refractivity contribution in [1.82, 2.24) is 14.9 Å².